The van der Waals surface area contributed by atoms with Gasteiger partial charge in [-0.05, 0) is 66.1 Å². The molecule has 1 aromatic heterocycles. The normalized spacial score (nSPS) is 10.9. The summed E-state index contributed by atoms with van der Waals surface area (Å²) in [4.78, 5) is 14.7. The van der Waals surface area contributed by atoms with Crippen LogP contribution in [0.25, 0.3) is 20.5 Å². The summed E-state index contributed by atoms with van der Waals surface area (Å²) in [5, 5.41) is 0.992. The molecule has 1 heterocycles. The summed E-state index contributed by atoms with van der Waals surface area (Å²) in [5.74, 6) is 1.67. The number of methoxy groups -OCH3 is 2. The average Bonchev–Trinajstić information content (AvgIpc) is 3.18. The minimum absolute atomic E-state index is 0.0401. The van der Waals surface area contributed by atoms with E-state index in [1.165, 1.54) is 0 Å². The lowest BCUT2D eigenvalue weighted by molar-refractivity contribution is 0.104. The summed E-state index contributed by atoms with van der Waals surface area (Å²) in [6, 6.07) is 21.7. The summed E-state index contributed by atoms with van der Waals surface area (Å²) >= 11 is 1.65. The maximum absolute atomic E-state index is 13.7. The van der Waals surface area contributed by atoms with Crippen LogP contribution in [0.1, 0.15) is 34.8 Å². The fourth-order valence-corrected chi connectivity index (χ4v) is 4.95. The molecule has 0 aliphatic carbocycles. The van der Waals surface area contributed by atoms with Gasteiger partial charge in [0.15, 0.2) is 5.78 Å². The molecule has 0 unspecified atom stereocenters. The van der Waals surface area contributed by atoms with Crippen LogP contribution in [0.4, 0.5) is 0 Å². The topological polar surface area (TPSA) is 35.5 Å². The monoisotopic (exact) mass is 416 g/mol. The minimum Gasteiger partial charge on any atom is -0.497 e. The van der Waals surface area contributed by atoms with E-state index in [4.69, 9.17) is 9.47 Å². The summed E-state index contributed by atoms with van der Waals surface area (Å²) < 4.78 is 11.9. The van der Waals surface area contributed by atoms with Gasteiger partial charge in [0.1, 0.15) is 11.5 Å². The van der Waals surface area contributed by atoms with Crippen LogP contribution in [0.2, 0.25) is 0 Å². The molecule has 3 aromatic carbocycles. The van der Waals surface area contributed by atoms with Crippen molar-refractivity contribution in [2.45, 2.75) is 19.8 Å². The number of carbonyl (C=O) groups is 1. The largest absolute Gasteiger partial charge is 0.497 e. The predicted molar refractivity (Wildman–Crippen MR) is 124 cm³/mol. The van der Waals surface area contributed by atoms with Crippen molar-refractivity contribution in [2.24, 2.45) is 0 Å². The first-order chi connectivity index (χ1) is 14.7. The zero-order valence-electron chi connectivity index (χ0n) is 17.4. The molecular formula is C26H24O3S. The second-order valence-corrected chi connectivity index (χ2v) is 8.19. The van der Waals surface area contributed by atoms with Crippen molar-refractivity contribution in [1.82, 2.24) is 0 Å². The minimum atomic E-state index is 0.0401. The van der Waals surface area contributed by atoms with E-state index in [0.29, 0.717) is 5.56 Å². The lowest BCUT2D eigenvalue weighted by Crippen LogP contribution is -2.04. The molecule has 0 fully saturated rings. The van der Waals surface area contributed by atoms with Gasteiger partial charge >= 0.3 is 0 Å². The number of hydrogen-bond acceptors (Lipinski definition) is 4. The third-order valence-corrected chi connectivity index (χ3v) is 6.46. The molecule has 3 nitrogen and oxygen atoms in total. The first-order valence-electron chi connectivity index (χ1n) is 10.0. The molecule has 0 aliphatic heterocycles. The molecule has 0 radical (unpaired) electrons. The van der Waals surface area contributed by atoms with Crippen molar-refractivity contribution >= 4 is 27.2 Å². The summed E-state index contributed by atoms with van der Waals surface area (Å²) in [6.45, 7) is 2.13. The first-order valence-corrected chi connectivity index (χ1v) is 10.9. The SMILES string of the molecule is CCCc1cc(C(=O)c2c(-c3ccc(OC)cc3)sc3ccccc23)ccc1OC. The number of rotatable bonds is 7. The van der Waals surface area contributed by atoms with Crippen molar-refractivity contribution in [3.05, 3.63) is 83.4 Å². The van der Waals surface area contributed by atoms with E-state index in [1.807, 2.05) is 60.7 Å². The van der Waals surface area contributed by atoms with Crippen LogP contribution in [0.3, 0.4) is 0 Å². The highest BCUT2D eigenvalue weighted by atomic mass is 32.1. The highest BCUT2D eigenvalue weighted by molar-refractivity contribution is 7.22. The Labute approximate surface area is 180 Å². The molecule has 0 saturated heterocycles. The third-order valence-electron chi connectivity index (χ3n) is 5.24. The van der Waals surface area contributed by atoms with E-state index < -0.39 is 0 Å². The van der Waals surface area contributed by atoms with Gasteiger partial charge < -0.3 is 9.47 Å². The van der Waals surface area contributed by atoms with Crippen molar-refractivity contribution < 1.29 is 14.3 Å². The van der Waals surface area contributed by atoms with Gasteiger partial charge in [-0.2, -0.15) is 0 Å². The summed E-state index contributed by atoms with van der Waals surface area (Å²) in [5.41, 5.74) is 3.53. The van der Waals surface area contributed by atoms with Crippen LogP contribution in [0, 0.1) is 0 Å². The van der Waals surface area contributed by atoms with Crippen LogP contribution in [-0.2, 0) is 6.42 Å². The second-order valence-electron chi connectivity index (χ2n) is 7.14. The predicted octanol–water partition coefficient (Wildman–Crippen LogP) is 6.77. The van der Waals surface area contributed by atoms with Crippen molar-refractivity contribution in [3.63, 3.8) is 0 Å². The van der Waals surface area contributed by atoms with Crippen LogP contribution >= 0.6 is 11.3 Å². The van der Waals surface area contributed by atoms with Crippen molar-refractivity contribution in [2.75, 3.05) is 14.2 Å². The van der Waals surface area contributed by atoms with E-state index in [-0.39, 0.29) is 5.78 Å². The quantitative estimate of drug-likeness (QED) is 0.312. The Hall–Kier alpha value is -3.11. The Kier molecular flexibility index (Phi) is 5.86. The molecule has 4 heteroatoms. The highest BCUT2D eigenvalue weighted by Crippen LogP contribution is 2.40. The molecule has 0 aliphatic rings. The van der Waals surface area contributed by atoms with E-state index in [1.54, 1.807) is 25.6 Å². The molecule has 4 aromatic rings. The lowest BCUT2D eigenvalue weighted by Gasteiger charge is -2.11. The number of fused-ring (bicyclic) bond motifs is 1. The van der Waals surface area contributed by atoms with Crippen molar-refractivity contribution in [1.29, 1.82) is 0 Å². The first kappa shape index (κ1) is 20.2. The van der Waals surface area contributed by atoms with Gasteiger partial charge in [0.25, 0.3) is 0 Å². The number of benzene rings is 3. The maximum Gasteiger partial charge on any atom is 0.195 e. The zero-order chi connectivity index (χ0) is 21.1. The summed E-state index contributed by atoms with van der Waals surface area (Å²) in [7, 11) is 3.32. The molecule has 30 heavy (non-hydrogen) atoms. The number of carbonyl (C=O) groups excluding carboxylic acids is 1. The van der Waals surface area contributed by atoms with Crippen molar-refractivity contribution in [3.8, 4) is 21.9 Å². The molecular weight excluding hydrogens is 392 g/mol. The smallest absolute Gasteiger partial charge is 0.195 e. The fourth-order valence-electron chi connectivity index (χ4n) is 3.75. The van der Waals surface area contributed by atoms with E-state index in [2.05, 4.69) is 13.0 Å². The number of aryl methyl sites for hydroxylation is 1. The Morgan fingerprint density at radius 1 is 0.933 bits per heavy atom. The molecule has 0 N–H and O–H groups in total. The average molecular weight is 417 g/mol. The van der Waals surface area contributed by atoms with Crippen LogP contribution < -0.4 is 9.47 Å². The van der Waals surface area contributed by atoms with Gasteiger partial charge in [0.05, 0.1) is 14.2 Å². The molecule has 0 amide bonds. The Morgan fingerprint density at radius 2 is 1.70 bits per heavy atom. The van der Waals surface area contributed by atoms with Crippen LogP contribution in [0.15, 0.2) is 66.7 Å². The third kappa shape index (κ3) is 3.71. The van der Waals surface area contributed by atoms with E-state index >= 15 is 0 Å². The molecule has 0 spiro atoms. The van der Waals surface area contributed by atoms with Gasteiger partial charge in [-0.3, -0.25) is 4.79 Å². The second kappa shape index (κ2) is 8.72. The molecule has 0 saturated carbocycles. The molecule has 152 valence electrons. The van der Waals surface area contributed by atoms with E-state index in [0.717, 1.165) is 56.0 Å². The molecule has 0 bridgehead atoms. The molecule has 4 rings (SSSR count). The Morgan fingerprint density at radius 3 is 2.40 bits per heavy atom. The lowest BCUT2D eigenvalue weighted by atomic mass is 9.95. The molecule has 0 atom stereocenters. The van der Waals surface area contributed by atoms with Gasteiger partial charge in [-0.1, -0.05) is 31.5 Å². The number of thiophene rings is 1. The van der Waals surface area contributed by atoms with Gasteiger partial charge in [0.2, 0.25) is 0 Å². The fraction of sp³-hybridized carbons (Fsp3) is 0.192. The highest BCUT2D eigenvalue weighted by Gasteiger charge is 2.22. The maximum atomic E-state index is 13.7. The standard InChI is InChI=1S/C26H24O3S/c1-4-7-18-16-19(12-15-22(18)29-3)25(27)24-21-8-5-6-9-23(21)30-26(24)17-10-13-20(28-2)14-11-17/h5-6,8-16H,4,7H2,1-3H3. The van der Waals surface area contributed by atoms with Gasteiger partial charge in [0, 0.05) is 26.1 Å². The Bertz CT molecular complexity index is 1190. The Balaban J connectivity index is 1.87. The van der Waals surface area contributed by atoms with Gasteiger partial charge in [-0.15, -0.1) is 11.3 Å². The summed E-state index contributed by atoms with van der Waals surface area (Å²) in [6.07, 6.45) is 1.87. The van der Waals surface area contributed by atoms with Gasteiger partial charge in [-0.25, -0.2) is 0 Å². The van der Waals surface area contributed by atoms with E-state index in [9.17, 15) is 4.79 Å². The van der Waals surface area contributed by atoms with Crippen LogP contribution in [0.5, 0.6) is 11.5 Å². The number of hydrogen-bond donors (Lipinski definition) is 0. The zero-order valence-corrected chi connectivity index (χ0v) is 18.2. The van der Waals surface area contributed by atoms with Crippen LogP contribution in [-0.4, -0.2) is 20.0 Å². The number of ether oxygens (including phenoxy) is 2. The number of ketones is 1.